The van der Waals surface area contributed by atoms with Crippen molar-refractivity contribution in [1.29, 1.82) is 0 Å². The Labute approximate surface area is 115 Å². The van der Waals surface area contributed by atoms with Gasteiger partial charge in [-0.25, -0.2) is 8.42 Å². The van der Waals surface area contributed by atoms with Crippen LogP contribution in [0.2, 0.25) is 0 Å². The lowest BCUT2D eigenvalue weighted by molar-refractivity contribution is 0.108. The molecule has 0 radical (unpaired) electrons. The van der Waals surface area contributed by atoms with Crippen molar-refractivity contribution in [2.24, 2.45) is 0 Å². The average molecular weight is 367 g/mol. The minimum atomic E-state index is -3.44. The van der Waals surface area contributed by atoms with Crippen molar-refractivity contribution in [1.82, 2.24) is 4.31 Å². The molecule has 17 heavy (non-hydrogen) atoms. The van der Waals surface area contributed by atoms with Crippen LogP contribution in [0.3, 0.4) is 0 Å². The number of rotatable bonds is 2. The van der Waals surface area contributed by atoms with Crippen LogP contribution < -0.4 is 0 Å². The first-order chi connectivity index (χ1) is 8.00. The molecule has 1 aromatic rings. The molecule has 1 heterocycles. The van der Waals surface area contributed by atoms with Crippen molar-refractivity contribution in [3.63, 3.8) is 0 Å². The molecule has 1 aromatic carbocycles. The fraction of sp³-hybridized carbons (Fsp3) is 0.455. The first-order valence-electron chi connectivity index (χ1n) is 5.44. The van der Waals surface area contributed by atoms with Gasteiger partial charge in [-0.2, -0.15) is 4.31 Å². The second-order valence-corrected chi connectivity index (χ2v) is 7.30. The topological polar surface area (TPSA) is 57.6 Å². The van der Waals surface area contributed by atoms with Crippen LogP contribution in [0.15, 0.2) is 29.2 Å². The van der Waals surface area contributed by atoms with E-state index in [1.807, 2.05) is 0 Å². The number of sulfonamides is 1. The maximum absolute atomic E-state index is 12.3. The lowest BCUT2D eigenvalue weighted by atomic mass is 10.1. The summed E-state index contributed by atoms with van der Waals surface area (Å²) in [7, 11) is -3.44. The number of hydrogen-bond acceptors (Lipinski definition) is 3. The van der Waals surface area contributed by atoms with E-state index in [0.717, 1.165) is 3.57 Å². The van der Waals surface area contributed by atoms with Gasteiger partial charge in [0, 0.05) is 16.7 Å². The number of aliphatic hydroxyl groups is 1. The summed E-state index contributed by atoms with van der Waals surface area (Å²) in [6.45, 7) is 0.694. The number of benzene rings is 1. The minimum Gasteiger partial charge on any atom is -0.392 e. The molecule has 1 aliphatic heterocycles. The number of piperidine rings is 1. The van der Waals surface area contributed by atoms with Crippen molar-refractivity contribution < 1.29 is 13.5 Å². The molecule has 0 aliphatic carbocycles. The second kappa shape index (κ2) is 5.21. The Kier molecular flexibility index (Phi) is 4.06. The molecule has 1 atom stereocenters. The molecule has 1 N–H and O–H groups in total. The van der Waals surface area contributed by atoms with Crippen LogP contribution >= 0.6 is 22.6 Å². The molecule has 0 saturated carbocycles. The van der Waals surface area contributed by atoms with E-state index in [2.05, 4.69) is 22.6 Å². The molecule has 1 fully saturated rings. The second-order valence-electron chi connectivity index (χ2n) is 4.11. The van der Waals surface area contributed by atoms with Crippen LogP contribution in [0, 0.1) is 3.57 Å². The van der Waals surface area contributed by atoms with Gasteiger partial charge in [-0.3, -0.25) is 0 Å². The highest BCUT2D eigenvalue weighted by atomic mass is 127. The summed E-state index contributed by atoms with van der Waals surface area (Å²) >= 11 is 2.13. The van der Waals surface area contributed by atoms with Gasteiger partial charge in [-0.15, -0.1) is 0 Å². The van der Waals surface area contributed by atoms with E-state index in [4.69, 9.17) is 0 Å². The van der Waals surface area contributed by atoms with Crippen molar-refractivity contribution in [2.45, 2.75) is 23.8 Å². The quantitative estimate of drug-likeness (QED) is 0.805. The van der Waals surface area contributed by atoms with Crippen molar-refractivity contribution in [2.75, 3.05) is 13.1 Å². The standard InChI is InChI=1S/C11H14INO3S/c12-9-3-5-11(6-4-9)17(15,16)13-7-1-2-10(14)8-13/h3-6,10,14H,1-2,7-8H2/t10-/m1/s1. The van der Waals surface area contributed by atoms with E-state index >= 15 is 0 Å². The molecule has 2 rings (SSSR count). The highest BCUT2D eigenvalue weighted by Gasteiger charge is 2.29. The largest absolute Gasteiger partial charge is 0.392 e. The monoisotopic (exact) mass is 367 g/mol. The number of nitrogens with zero attached hydrogens (tertiary/aromatic N) is 1. The Morgan fingerprint density at radius 1 is 1.29 bits per heavy atom. The molecule has 6 heteroatoms. The van der Waals surface area contributed by atoms with Crippen LogP contribution in [-0.2, 0) is 10.0 Å². The molecule has 94 valence electrons. The third-order valence-corrected chi connectivity index (χ3v) is 5.41. The van der Waals surface area contributed by atoms with Crippen LogP contribution in [0.5, 0.6) is 0 Å². The fourth-order valence-electron chi connectivity index (χ4n) is 1.89. The Morgan fingerprint density at radius 2 is 1.94 bits per heavy atom. The summed E-state index contributed by atoms with van der Waals surface area (Å²) in [4.78, 5) is 0.298. The number of halogens is 1. The van der Waals surface area contributed by atoms with Gasteiger partial charge >= 0.3 is 0 Å². The highest BCUT2D eigenvalue weighted by Crippen LogP contribution is 2.21. The number of β-amino-alcohol motifs (C(OH)–C–C–N with tert-alkyl or cyclic N) is 1. The number of hydrogen-bond donors (Lipinski definition) is 1. The summed E-state index contributed by atoms with van der Waals surface area (Å²) in [6.07, 6.45) is 0.853. The van der Waals surface area contributed by atoms with Gasteiger partial charge in [0.05, 0.1) is 11.0 Å². The van der Waals surface area contributed by atoms with Crippen LogP contribution in [0.1, 0.15) is 12.8 Å². The molecule has 0 bridgehead atoms. The predicted molar refractivity (Wildman–Crippen MR) is 73.2 cm³/mol. The molecule has 1 aliphatic rings. The molecule has 1 saturated heterocycles. The smallest absolute Gasteiger partial charge is 0.243 e. The van der Waals surface area contributed by atoms with Gasteiger partial charge in [0.2, 0.25) is 10.0 Å². The molecular formula is C11H14INO3S. The van der Waals surface area contributed by atoms with Gasteiger partial charge in [-0.1, -0.05) is 0 Å². The lowest BCUT2D eigenvalue weighted by Crippen LogP contribution is -2.42. The van der Waals surface area contributed by atoms with Gasteiger partial charge in [0.15, 0.2) is 0 Å². The molecule has 0 aromatic heterocycles. The van der Waals surface area contributed by atoms with Crippen LogP contribution in [0.4, 0.5) is 0 Å². The van der Waals surface area contributed by atoms with E-state index in [1.54, 1.807) is 24.3 Å². The maximum Gasteiger partial charge on any atom is 0.243 e. The predicted octanol–water partition coefficient (Wildman–Crippen LogP) is 1.44. The average Bonchev–Trinajstić information content (AvgIpc) is 2.29. The summed E-state index contributed by atoms with van der Waals surface area (Å²) < 4.78 is 26.9. The summed E-state index contributed by atoms with van der Waals surface area (Å²) in [6, 6.07) is 6.76. The third kappa shape index (κ3) is 2.98. The Morgan fingerprint density at radius 3 is 2.53 bits per heavy atom. The van der Waals surface area contributed by atoms with Gasteiger partial charge < -0.3 is 5.11 Å². The zero-order valence-electron chi connectivity index (χ0n) is 9.21. The third-order valence-electron chi connectivity index (χ3n) is 2.81. The van der Waals surface area contributed by atoms with Crippen molar-refractivity contribution >= 4 is 32.6 Å². The molecule has 4 nitrogen and oxygen atoms in total. The Hall–Kier alpha value is -0.180. The summed E-state index contributed by atoms with van der Waals surface area (Å²) in [5.41, 5.74) is 0. The van der Waals surface area contributed by atoms with Crippen LogP contribution in [-0.4, -0.2) is 37.0 Å². The maximum atomic E-state index is 12.3. The first kappa shape index (κ1) is 13.3. The summed E-state index contributed by atoms with van der Waals surface area (Å²) in [5, 5.41) is 9.53. The molecule has 0 unspecified atom stereocenters. The Bertz CT molecular complexity index is 486. The van der Waals surface area contributed by atoms with Gasteiger partial charge in [-0.05, 0) is 59.7 Å². The van der Waals surface area contributed by atoms with Crippen molar-refractivity contribution in [3.8, 4) is 0 Å². The first-order valence-corrected chi connectivity index (χ1v) is 7.96. The Balaban J connectivity index is 2.26. The minimum absolute atomic E-state index is 0.203. The zero-order chi connectivity index (χ0) is 12.5. The van der Waals surface area contributed by atoms with E-state index < -0.39 is 16.1 Å². The zero-order valence-corrected chi connectivity index (χ0v) is 12.2. The van der Waals surface area contributed by atoms with Gasteiger partial charge in [0.1, 0.15) is 0 Å². The highest BCUT2D eigenvalue weighted by molar-refractivity contribution is 14.1. The fourth-order valence-corrected chi connectivity index (χ4v) is 3.77. The molecule has 0 spiro atoms. The SMILES string of the molecule is O=S(=O)(c1ccc(I)cc1)N1CCC[C@@H](O)C1. The van der Waals surface area contributed by atoms with E-state index in [0.29, 0.717) is 24.3 Å². The van der Waals surface area contributed by atoms with Crippen molar-refractivity contribution in [3.05, 3.63) is 27.8 Å². The van der Waals surface area contributed by atoms with E-state index in [-0.39, 0.29) is 6.54 Å². The summed E-state index contributed by atoms with van der Waals surface area (Å²) in [5.74, 6) is 0. The van der Waals surface area contributed by atoms with E-state index in [9.17, 15) is 13.5 Å². The molecular weight excluding hydrogens is 353 g/mol. The van der Waals surface area contributed by atoms with E-state index in [1.165, 1.54) is 4.31 Å². The van der Waals surface area contributed by atoms with Gasteiger partial charge in [0.25, 0.3) is 0 Å². The normalized spacial score (nSPS) is 22.6. The van der Waals surface area contributed by atoms with Crippen LogP contribution in [0.25, 0.3) is 0 Å². The molecule has 0 amide bonds. The number of aliphatic hydroxyl groups excluding tert-OH is 1. The lowest BCUT2D eigenvalue weighted by Gasteiger charge is -2.29.